The van der Waals surface area contributed by atoms with Gasteiger partial charge in [0.2, 0.25) is 5.91 Å². The summed E-state index contributed by atoms with van der Waals surface area (Å²) in [5.74, 6) is -0.860. The van der Waals surface area contributed by atoms with E-state index < -0.39 is 11.8 Å². The first kappa shape index (κ1) is 15.6. The first-order valence-electron chi connectivity index (χ1n) is 4.90. The highest BCUT2D eigenvalue weighted by atomic mass is 35.5. The molecular weight excluding hydrogens is 309 g/mol. The minimum atomic E-state index is -0.434. The quantitative estimate of drug-likeness (QED) is 0.732. The molecule has 0 bridgehead atoms. The molecule has 8 heteroatoms. The molecule has 1 aromatic rings. The van der Waals surface area contributed by atoms with Crippen LogP contribution in [0.2, 0.25) is 5.02 Å². The number of hydrogen-bond donors (Lipinski definition) is 3. The van der Waals surface area contributed by atoms with Crippen molar-refractivity contribution in [3.63, 3.8) is 0 Å². The lowest BCUT2D eigenvalue weighted by atomic mass is 10.3. The summed E-state index contributed by atoms with van der Waals surface area (Å²) in [4.78, 5) is 23.1. The summed E-state index contributed by atoms with van der Waals surface area (Å²) in [5.41, 5.74) is 0.583. The molecule has 0 atom stereocenters. The van der Waals surface area contributed by atoms with Crippen LogP contribution in [0.15, 0.2) is 35.2 Å². The number of amides is 2. The van der Waals surface area contributed by atoms with Crippen molar-refractivity contribution in [3.8, 4) is 0 Å². The minimum Gasteiger partial charge on any atom is -0.322 e. The summed E-state index contributed by atoms with van der Waals surface area (Å²) < 4.78 is 0. The molecule has 0 spiro atoms. The van der Waals surface area contributed by atoms with E-state index in [0.29, 0.717) is 10.7 Å². The molecule has 0 saturated carbocycles. The highest BCUT2D eigenvalue weighted by Crippen LogP contribution is 2.22. The van der Waals surface area contributed by atoms with Crippen molar-refractivity contribution in [3.05, 3.63) is 40.3 Å². The monoisotopic (exact) mass is 317 g/mol. The van der Waals surface area contributed by atoms with Crippen LogP contribution in [-0.4, -0.2) is 17.0 Å². The number of halogens is 2. The van der Waals surface area contributed by atoms with Crippen LogP contribution >= 0.6 is 35.8 Å². The largest absolute Gasteiger partial charge is 0.322 e. The van der Waals surface area contributed by atoms with Crippen molar-refractivity contribution < 1.29 is 9.59 Å². The van der Waals surface area contributed by atoms with Crippen LogP contribution in [0.25, 0.3) is 0 Å². The van der Waals surface area contributed by atoms with Crippen molar-refractivity contribution in [1.29, 1.82) is 5.41 Å². The first-order valence-corrected chi connectivity index (χ1v) is 6.10. The Kier molecular flexibility index (Phi) is 5.41. The van der Waals surface area contributed by atoms with Crippen LogP contribution in [-0.2, 0) is 9.59 Å². The summed E-state index contributed by atoms with van der Waals surface area (Å²) in [5, 5.41) is 12.7. The molecule has 1 aliphatic rings. The summed E-state index contributed by atoms with van der Waals surface area (Å²) in [6, 6.07) is 6.61. The van der Waals surface area contributed by atoms with Crippen LogP contribution in [0, 0.1) is 5.41 Å². The first-order chi connectivity index (χ1) is 8.54. The molecule has 2 rings (SSSR count). The molecule has 0 aliphatic carbocycles. The fourth-order valence-electron chi connectivity index (χ4n) is 1.27. The van der Waals surface area contributed by atoms with E-state index in [-0.39, 0.29) is 22.5 Å². The second-order valence-electron chi connectivity index (χ2n) is 3.39. The molecule has 1 heterocycles. The van der Waals surface area contributed by atoms with Crippen molar-refractivity contribution in [1.82, 2.24) is 5.32 Å². The van der Waals surface area contributed by atoms with E-state index in [4.69, 9.17) is 17.0 Å². The molecule has 3 N–H and O–H groups in total. The highest BCUT2D eigenvalue weighted by molar-refractivity contribution is 8.18. The zero-order valence-electron chi connectivity index (χ0n) is 9.40. The van der Waals surface area contributed by atoms with E-state index in [9.17, 15) is 9.59 Å². The third-order valence-electron chi connectivity index (χ3n) is 2.04. The van der Waals surface area contributed by atoms with Crippen LogP contribution in [0.5, 0.6) is 0 Å². The number of benzene rings is 1. The average molecular weight is 318 g/mol. The minimum absolute atomic E-state index is 0. The average Bonchev–Trinajstić information content (AvgIpc) is 2.61. The zero-order chi connectivity index (χ0) is 13.1. The summed E-state index contributed by atoms with van der Waals surface area (Å²) in [6.45, 7) is 0. The van der Waals surface area contributed by atoms with Gasteiger partial charge in [0, 0.05) is 16.8 Å². The van der Waals surface area contributed by atoms with Crippen molar-refractivity contribution >= 4 is 58.4 Å². The van der Waals surface area contributed by atoms with E-state index >= 15 is 0 Å². The summed E-state index contributed by atoms with van der Waals surface area (Å²) in [7, 11) is 0. The topological polar surface area (TPSA) is 82.1 Å². The fraction of sp³-hybridized carbons (Fsp3) is 0. The molecule has 1 aromatic carbocycles. The van der Waals surface area contributed by atoms with E-state index in [0.717, 1.165) is 17.8 Å². The maximum Gasteiger partial charge on any atom is 0.264 e. The van der Waals surface area contributed by atoms with Crippen LogP contribution in [0.3, 0.4) is 0 Å². The number of anilines is 1. The molecule has 0 aromatic heterocycles. The number of amidine groups is 1. The Morgan fingerprint density at radius 3 is 2.53 bits per heavy atom. The van der Waals surface area contributed by atoms with Crippen molar-refractivity contribution in [2.45, 2.75) is 0 Å². The van der Waals surface area contributed by atoms with E-state index in [1.807, 2.05) is 0 Å². The molecule has 1 aliphatic heterocycles. The van der Waals surface area contributed by atoms with Crippen molar-refractivity contribution in [2.75, 3.05) is 5.32 Å². The molecular formula is C11H9Cl2N3O2S. The molecule has 1 fully saturated rings. The third kappa shape index (κ3) is 4.27. The van der Waals surface area contributed by atoms with E-state index in [2.05, 4.69) is 10.6 Å². The lowest BCUT2D eigenvalue weighted by molar-refractivity contribution is -0.116. The van der Waals surface area contributed by atoms with Gasteiger partial charge in [-0.05, 0) is 36.0 Å². The van der Waals surface area contributed by atoms with Crippen molar-refractivity contribution in [2.24, 2.45) is 0 Å². The third-order valence-corrected chi connectivity index (χ3v) is 3.12. The van der Waals surface area contributed by atoms with Gasteiger partial charge in [-0.15, -0.1) is 12.4 Å². The molecule has 100 valence electrons. The number of thioether (sulfide) groups is 1. The molecule has 19 heavy (non-hydrogen) atoms. The number of nitrogens with one attached hydrogen (secondary N) is 3. The predicted octanol–water partition coefficient (Wildman–Crippen LogP) is 2.38. The Bertz CT molecular complexity index is 558. The SMILES string of the molecule is Cl.N=C1NC(=O)C(=CC(=O)Nc2ccc(Cl)cc2)S1. The summed E-state index contributed by atoms with van der Waals surface area (Å²) in [6.07, 6.45) is 1.16. The second-order valence-corrected chi connectivity index (χ2v) is 4.88. The standard InChI is InChI=1S/C11H8ClN3O2S.ClH/c12-6-1-3-7(4-2-6)14-9(16)5-8-10(17)15-11(13)18-8;/h1-5H,(H,14,16)(H2,13,15,17);1H. The van der Waals surface area contributed by atoms with Gasteiger partial charge >= 0.3 is 0 Å². The number of rotatable bonds is 2. The maximum absolute atomic E-state index is 11.6. The Morgan fingerprint density at radius 1 is 1.37 bits per heavy atom. The number of carbonyl (C=O) groups excluding carboxylic acids is 2. The van der Waals surface area contributed by atoms with Crippen LogP contribution < -0.4 is 10.6 Å². The Morgan fingerprint density at radius 2 is 2.00 bits per heavy atom. The lowest BCUT2D eigenvalue weighted by Crippen LogP contribution is -2.19. The van der Waals surface area contributed by atoms with Gasteiger partial charge in [-0.1, -0.05) is 11.6 Å². The van der Waals surface area contributed by atoms with Gasteiger partial charge in [-0.3, -0.25) is 15.0 Å². The Balaban J connectivity index is 0.00000180. The number of carbonyl (C=O) groups is 2. The smallest absolute Gasteiger partial charge is 0.264 e. The normalized spacial score (nSPS) is 15.9. The van der Waals surface area contributed by atoms with E-state index in [1.54, 1.807) is 24.3 Å². The van der Waals surface area contributed by atoms with E-state index in [1.165, 1.54) is 0 Å². The molecule has 5 nitrogen and oxygen atoms in total. The van der Waals surface area contributed by atoms with Gasteiger partial charge in [0.25, 0.3) is 5.91 Å². The second kappa shape index (κ2) is 6.60. The van der Waals surface area contributed by atoms with Crippen LogP contribution in [0.4, 0.5) is 5.69 Å². The Labute approximate surface area is 124 Å². The summed E-state index contributed by atoms with van der Waals surface area (Å²) >= 11 is 6.63. The molecule has 0 radical (unpaired) electrons. The lowest BCUT2D eigenvalue weighted by Gasteiger charge is -2.01. The zero-order valence-corrected chi connectivity index (χ0v) is 11.8. The van der Waals surface area contributed by atoms with Gasteiger partial charge in [0.1, 0.15) is 0 Å². The maximum atomic E-state index is 11.6. The number of hydrogen-bond acceptors (Lipinski definition) is 4. The van der Waals surface area contributed by atoms with Gasteiger partial charge in [-0.25, -0.2) is 0 Å². The fourth-order valence-corrected chi connectivity index (χ4v) is 2.07. The molecule has 2 amide bonds. The van der Waals surface area contributed by atoms with Gasteiger partial charge in [0.15, 0.2) is 5.17 Å². The van der Waals surface area contributed by atoms with Gasteiger partial charge in [0.05, 0.1) is 4.91 Å². The van der Waals surface area contributed by atoms with Gasteiger partial charge in [-0.2, -0.15) is 0 Å². The highest BCUT2D eigenvalue weighted by Gasteiger charge is 2.23. The Hall–Kier alpha value is -1.50. The van der Waals surface area contributed by atoms with Gasteiger partial charge < -0.3 is 10.6 Å². The molecule has 1 saturated heterocycles. The van der Waals surface area contributed by atoms with Crippen LogP contribution in [0.1, 0.15) is 0 Å². The molecule has 0 unspecified atom stereocenters. The predicted molar refractivity (Wildman–Crippen MR) is 78.9 cm³/mol.